The van der Waals surface area contributed by atoms with Crippen molar-refractivity contribution in [1.82, 2.24) is 10.2 Å². The Morgan fingerprint density at radius 1 is 1.33 bits per heavy atom. The van der Waals surface area contributed by atoms with Crippen molar-refractivity contribution in [3.05, 3.63) is 35.9 Å². The highest BCUT2D eigenvalue weighted by atomic mass is 16.5. The van der Waals surface area contributed by atoms with E-state index in [1.54, 1.807) is 7.11 Å². The van der Waals surface area contributed by atoms with E-state index < -0.39 is 0 Å². The number of ether oxygens (including phenoxy) is 1. The molecule has 0 bridgehead atoms. The van der Waals surface area contributed by atoms with Crippen LogP contribution in [-0.4, -0.2) is 44.8 Å². The Kier molecular flexibility index (Phi) is 5.65. The third kappa shape index (κ3) is 4.41. The lowest BCUT2D eigenvalue weighted by Gasteiger charge is -2.16. The number of likely N-dealkylation sites (tertiary alicyclic amines) is 1. The normalized spacial score (nSPS) is 20.4. The lowest BCUT2D eigenvalue weighted by atomic mass is 10.1. The van der Waals surface area contributed by atoms with E-state index in [-0.39, 0.29) is 0 Å². The molecule has 3 nitrogen and oxygen atoms in total. The standard InChI is InChI=1S/C15H24N2O/c1-18-13-15-7-9-17(12-15)10-8-16-11-14-5-3-2-4-6-14/h2-6,15-16H,7-13H2,1H3. The fourth-order valence-electron chi connectivity index (χ4n) is 2.55. The van der Waals surface area contributed by atoms with Gasteiger partial charge in [-0.2, -0.15) is 0 Å². The van der Waals surface area contributed by atoms with Crippen LogP contribution in [0.2, 0.25) is 0 Å². The van der Waals surface area contributed by atoms with Gasteiger partial charge in [0.15, 0.2) is 0 Å². The van der Waals surface area contributed by atoms with Crippen LogP contribution >= 0.6 is 0 Å². The first-order valence-electron chi connectivity index (χ1n) is 6.84. The summed E-state index contributed by atoms with van der Waals surface area (Å²) in [6.45, 7) is 6.51. The first kappa shape index (κ1) is 13.5. The molecule has 1 aliphatic heterocycles. The molecule has 0 saturated carbocycles. The van der Waals surface area contributed by atoms with Gasteiger partial charge in [0.1, 0.15) is 0 Å². The Morgan fingerprint density at radius 2 is 2.17 bits per heavy atom. The molecule has 0 aromatic heterocycles. The van der Waals surface area contributed by atoms with Crippen molar-refractivity contribution in [2.45, 2.75) is 13.0 Å². The average molecular weight is 248 g/mol. The minimum absolute atomic E-state index is 0.740. The topological polar surface area (TPSA) is 24.5 Å². The molecule has 18 heavy (non-hydrogen) atoms. The molecule has 3 heteroatoms. The van der Waals surface area contributed by atoms with Crippen molar-refractivity contribution in [1.29, 1.82) is 0 Å². The quantitative estimate of drug-likeness (QED) is 0.744. The lowest BCUT2D eigenvalue weighted by Crippen LogP contribution is -2.30. The molecule has 100 valence electrons. The molecule has 1 aromatic rings. The van der Waals surface area contributed by atoms with Crippen LogP contribution in [0.15, 0.2) is 30.3 Å². The van der Waals surface area contributed by atoms with E-state index in [0.717, 1.165) is 32.2 Å². The maximum atomic E-state index is 5.22. The summed E-state index contributed by atoms with van der Waals surface area (Å²) >= 11 is 0. The highest BCUT2D eigenvalue weighted by molar-refractivity contribution is 5.14. The van der Waals surface area contributed by atoms with Gasteiger partial charge < -0.3 is 15.0 Å². The first-order valence-corrected chi connectivity index (χ1v) is 6.84. The third-order valence-corrected chi connectivity index (χ3v) is 3.55. The maximum Gasteiger partial charge on any atom is 0.0503 e. The van der Waals surface area contributed by atoms with Crippen LogP contribution in [0, 0.1) is 5.92 Å². The molecule has 1 unspecified atom stereocenters. The summed E-state index contributed by atoms with van der Waals surface area (Å²) in [5, 5.41) is 3.50. The fraction of sp³-hybridized carbons (Fsp3) is 0.600. The molecule has 1 atom stereocenters. The van der Waals surface area contributed by atoms with Gasteiger partial charge in [0.25, 0.3) is 0 Å². The molecule has 1 fully saturated rings. The monoisotopic (exact) mass is 248 g/mol. The first-order chi connectivity index (χ1) is 8.88. The zero-order chi connectivity index (χ0) is 12.6. The molecule has 0 aliphatic carbocycles. The summed E-state index contributed by atoms with van der Waals surface area (Å²) in [4.78, 5) is 2.53. The number of benzene rings is 1. The van der Waals surface area contributed by atoms with Crippen LogP contribution in [0.1, 0.15) is 12.0 Å². The summed E-state index contributed by atoms with van der Waals surface area (Å²) in [6.07, 6.45) is 1.28. The van der Waals surface area contributed by atoms with Gasteiger partial charge in [-0.05, 0) is 24.4 Å². The van der Waals surface area contributed by atoms with E-state index in [2.05, 4.69) is 40.5 Å². The van der Waals surface area contributed by atoms with Gasteiger partial charge >= 0.3 is 0 Å². The molecule has 1 aromatic carbocycles. The van der Waals surface area contributed by atoms with Gasteiger partial charge in [0, 0.05) is 33.3 Å². The van der Waals surface area contributed by atoms with E-state index in [1.165, 1.54) is 25.1 Å². The van der Waals surface area contributed by atoms with Gasteiger partial charge in [-0.15, -0.1) is 0 Å². The van der Waals surface area contributed by atoms with Crippen molar-refractivity contribution < 1.29 is 4.74 Å². The molecular weight excluding hydrogens is 224 g/mol. The van der Waals surface area contributed by atoms with Crippen LogP contribution in [0.4, 0.5) is 0 Å². The van der Waals surface area contributed by atoms with E-state index in [9.17, 15) is 0 Å². The van der Waals surface area contributed by atoms with Crippen molar-refractivity contribution in [2.75, 3.05) is 39.9 Å². The summed E-state index contributed by atoms with van der Waals surface area (Å²) in [5.41, 5.74) is 1.36. The zero-order valence-corrected chi connectivity index (χ0v) is 11.3. The molecule has 0 spiro atoms. The number of hydrogen-bond donors (Lipinski definition) is 1. The van der Waals surface area contributed by atoms with E-state index in [4.69, 9.17) is 4.74 Å². The van der Waals surface area contributed by atoms with Gasteiger partial charge in [-0.3, -0.25) is 0 Å². The molecule has 1 N–H and O–H groups in total. The molecule has 1 saturated heterocycles. The van der Waals surface area contributed by atoms with Crippen molar-refractivity contribution in [2.24, 2.45) is 5.92 Å². The van der Waals surface area contributed by atoms with E-state index in [0.29, 0.717) is 0 Å². The largest absolute Gasteiger partial charge is 0.384 e. The van der Waals surface area contributed by atoms with Gasteiger partial charge in [-0.25, -0.2) is 0 Å². The van der Waals surface area contributed by atoms with Crippen molar-refractivity contribution >= 4 is 0 Å². The van der Waals surface area contributed by atoms with Gasteiger partial charge in [0.2, 0.25) is 0 Å². The Hall–Kier alpha value is -0.900. The number of nitrogens with one attached hydrogen (secondary N) is 1. The summed E-state index contributed by atoms with van der Waals surface area (Å²) < 4.78 is 5.22. The van der Waals surface area contributed by atoms with Crippen LogP contribution < -0.4 is 5.32 Å². The molecule has 2 rings (SSSR count). The Morgan fingerprint density at radius 3 is 2.94 bits per heavy atom. The Labute approximate surface area is 110 Å². The van der Waals surface area contributed by atoms with Crippen LogP contribution in [-0.2, 0) is 11.3 Å². The summed E-state index contributed by atoms with van der Waals surface area (Å²) in [6, 6.07) is 10.6. The fourth-order valence-corrected chi connectivity index (χ4v) is 2.55. The smallest absolute Gasteiger partial charge is 0.0503 e. The Balaban J connectivity index is 1.56. The van der Waals surface area contributed by atoms with E-state index in [1.807, 2.05) is 0 Å². The third-order valence-electron chi connectivity index (χ3n) is 3.55. The highest BCUT2D eigenvalue weighted by Crippen LogP contribution is 2.15. The highest BCUT2D eigenvalue weighted by Gasteiger charge is 2.21. The minimum Gasteiger partial charge on any atom is -0.384 e. The van der Waals surface area contributed by atoms with Crippen molar-refractivity contribution in [3.8, 4) is 0 Å². The second-order valence-corrected chi connectivity index (χ2v) is 5.07. The van der Waals surface area contributed by atoms with Crippen LogP contribution in [0.5, 0.6) is 0 Å². The molecule has 1 aliphatic rings. The second-order valence-electron chi connectivity index (χ2n) is 5.07. The second kappa shape index (κ2) is 7.52. The number of rotatable bonds is 7. The number of nitrogens with zero attached hydrogens (tertiary/aromatic N) is 1. The van der Waals surface area contributed by atoms with E-state index >= 15 is 0 Å². The lowest BCUT2D eigenvalue weighted by molar-refractivity contribution is 0.153. The predicted molar refractivity (Wildman–Crippen MR) is 74.6 cm³/mol. The average Bonchev–Trinajstić information content (AvgIpc) is 2.84. The number of methoxy groups -OCH3 is 1. The predicted octanol–water partition coefficient (Wildman–Crippen LogP) is 1.74. The van der Waals surface area contributed by atoms with Crippen molar-refractivity contribution in [3.63, 3.8) is 0 Å². The molecule has 0 radical (unpaired) electrons. The zero-order valence-electron chi connectivity index (χ0n) is 11.3. The van der Waals surface area contributed by atoms with Gasteiger partial charge in [-0.1, -0.05) is 30.3 Å². The molecular formula is C15H24N2O. The van der Waals surface area contributed by atoms with Gasteiger partial charge in [0.05, 0.1) is 6.61 Å². The SMILES string of the molecule is COCC1CCN(CCNCc2ccccc2)C1. The minimum atomic E-state index is 0.740. The molecule has 0 amide bonds. The van der Waals surface area contributed by atoms with Crippen LogP contribution in [0.3, 0.4) is 0 Å². The summed E-state index contributed by atoms with van der Waals surface area (Å²) in [5.74, 6) is 0.740. The summed E-state index contributed by atoms with van der Waals surface area (Å²) in [7, 11) is 1.80. The number of hydrogen-bond acceptors (Lipinski definition) is 3. The van der Waals surface area contributed by atoms with Crippen LogP contribution in [0.25, 0.3) is 0 Å². The Bertz CT molecular complexity index is 329. The maximum absolute atomic E-state index is 5.22. The molecule has 1 heterocycles.